The zero-order valence-corrected chi connectivity index (χ0v) is 12.5. The molecule has 1 rings (SSSR count). The fraction of sp³-hybridized carbons (Fsp3) is 1.00. The van der Waals surface area contributed by atoms with Gasteiger partial charge in [0, 0.05) is 5.54 Å². The molecule has 2 N–H and O–H groups in total. The molecule has 0 bridgehead atoms. The van der Waals surface area contributed by atoms with E-state index in [1.807, 2.05) is 0 Å². The summed E-state index contributed by atoms with van der Waals surface area (Å²) in [6.07, 6.45) is 11.8. The Morgan fingerprint density at radius 3 is 2.12 bits per heavy atom. The first-order valence-corrected chi connectivity index (χ1v) is 7.66. The SMILES string of the molecule is CCCCCCC1(N)CCC(C(C)(C)C)CC1. The number of hydrogen-bond acceptors (Lipinski definition) is 1. The maximum absolute atomic E-state index is 6.55. The molecule has 0 heterocycles. The van der Waals surface area contributed by atoms with Gasteiger partial charge in [0.05, 0.1) is 0 Å². The highest BCUT2D eigenvalue weighted by Crippen LogP contribution is 2.42. The van der Waals surface area contributed by atoms with Crippen molar-refractivity contribution in [1.29, 1.82) is 0 Å². The van der Waals surface area contributed by atoms with Crippen molar-refractivity contribution in [2.75, 3.05) is 0 Å². The van der Waals surface area contributed by atoms with Crippen LogP contribution in [0.2, 0.25) is 0 Å². The molecule has 0 aromatic rings. The summed E-state index contributed by atoms with van der Waals surface area (Å²) in [7, 11) is 0. The van der Waals surface area contributed by atoms with Crippen LogP contribution < -0.4 is 5.73 Å². The lowest BCUT2D eigenvalue weighted by Crippen LogP contribution is -2.44. The van der Waals surface area contributed by atoms with Gasteiger partial charge in [-0.3, -0.25) is 0 Å². The summed E-state index contributed by atoms with van der Waals surface area (Å²) in [5.74, 6) is 0.884. The van der Waals surface area contributed by atoms with Crippen LogP contribution in [0.3, 0.4) is 0 Å². The molecule has 0 aromatic carbocycles. The first kappa shape index (κ1) is 15.0. The van der Waals surface area contributed by atoms with Crippen molar-refractivity contribution in [2.24, 2.45) is 17.1 Å². The molecule has 0 atom stereocenters. The van der Waals surface area contributed by atoms with E-state index in [-0.39, 0.29) is 5.54 Å². The van der Waals surface area contributed by atoms with E-state index >= 15 is 0 Å². The molecule has 0 radical (unpaired) electrons. The predicted molar refractivity (Wildman–Crippen MR) is 77.1 cm³/mol. The molecule has 17 heavy (non-hydrogen) atoms. The van der Waals surface area contributed by atoms with Crippen molar-refractivity contribution in [1.82, 2.24) is 0 Å². The summed E-state index contributed by atoms with van der Waals surface area (Å²) >= 11 is 0. The van der Waals surface area contributed by atoms with Gasteiger partial charge in [0.1, 0.15) is 0 Å². The molecule has 1 heteroatoms. The number of rotatable bonds is 5. The minimum atomic E-state index is 0.176. The molecule has 1 nitrogen and oxygen atoms in total. The summed E-state index contributed by atoms with van der Waals surface area (Å²) in [5.41, 5.74) is 7.20. The highest BCUT2D eigenvalue weighted by Gasteiger charge is 2.35. The minimum Gasteiger partial charge on any atom is -0.325 e. The highest BCUT2D eigenvalue weighted by molar-refractivity contribution is 4.92. The first-order chi connectivity index (χ1) is 7.87. The van der Waals surface area contributed by atoms with E-state index in [0.717, 1.165) is 5.92 Å². The van der Waals surface area contributed by atoms with E-state index < -0.39 is 0 Å². The van der Waals surface area contributed by atoms with Crippen molar-refractivity contribution in [3.8, 4) is 0 Å². The van der Waals surface area contributed by atoms with Crippen LogP contribution in [0.4, 0.5) is 0 Å². The molecule has 1 aliphatic rings. The molecular weight excluding hydrogens is 206 g/mol. The summed E-state index contributed by atoms with van der Waals surface area (Å²) in [6.45, 7) is 9.40. The van der Waals surface area contributed by atoms with Gasteiger partial charge in [-0.05, 0) is 43.4 Å². The maximum atomic E-state index is 6.55. The molecule has 0 amide bonds. The summed E-state index contributed by atoms with van der Waals surface area (Å²) in [4.78, 5) is 0. The van der Waals surface area contributed by atoms with E-state index in [0.29, 0.717) is 5.41 Å². The number of nitrogens with two attached hydrogens (primary N) is 1. The average molecular weight is 239 g/mol. The topological polar surface area (TPSA) is 26.0 Å². The normalized spacial score (nSPS) is 30.5. The monoisotopic (exact) mass is 239 g/mol. The zero-order valence-electron chi connectivity index (χ0n) is 12.5. The quantitative estimate of drug-likeness (QED) is 0.679. The van der Waals surface area contributed by atoms with Crippen molar-refractivity contribution >= 4 is 0 Å². The molecule has 0 unspecified atom stereocenters. The summed E-state index contributed by atoms with van der Waals surface area (Å²) in [5, 5.41) is 0. The van der Waals surface area contributed by atoms with E-state index in [2.05, 4.69) is 27.7 Å². The smallest absolute Gasteiger partial charge is 0.0154 e. The minimum absolute atomic E-state index is 0.176. The van der Waals surface area contributed by atoms with Gasteiger partial charge in [0.25, 0.3) is 0 Å². The van der Waals surface area contributed by atoms with Crippen LogP contribution in [0.25, 0.3) is 0 Å². The van der Waals surface area contributed by atoms with Crippen molar-refractivity contribution in [3.63, 3.8) is 0 Å². The second-order valence-electron chi connectivity index (χ2n) is 7.31. The first-order valence-electron chi connectivity index (χ1n) is 7.66. The fourth-order valence-electron chi connectivity index (χ4n) is 3.21. The second-order valence-corrected chi connectivity index (χ2v) is 7.31. The van der Waals surface area contributed by atoms with Gasteiger partial charge in [-0.25, -0.2) is 0 Å². The highest BCUT2D eigenvalue weighted by atomic mass is 14.7. The van der Waals surface area contributed by atoms with Crippen molar-refractivity contribution < 1.29 is 0 Å². The molecular formula is C16H33N. The number of unbranched alkanes of at least 4 members (excludes halogenated alkanes) is 3. The van der Waals surface area contributed by atoms with Crippen LogP contribution in [0.1, 0.15) is 85.5 Å². The Kier molecular flexibility index (Phi) is 5.50. The van der Waals surface area contributed by atoms with E-state index in [9.17, 15) is 0 Å². The Balaban J connectivity index is 2.29. The lowest BCUT2D eigenvalue weighted by Gasteiger charge is -2.42. The van der Waals surface area contributed by atoms with Gasteiger partial charge in [-0.1, -0.05) is 53.4 Å². The van der Waals surface area contributed by atoms with E-state index in [4.69, 9.17) is 5.73 Å². The average Bonchev–Trinajstić information content (AvgIpc) is 2.24. The van der Waals surface area contributed by atoms with Gasteiger partial charge in [-0.2, -0.15) is 0 Å². The van der Waals surface area contributed by atoms with Crippen LogP contribution in [-0.4, -0.2) is 5.54 Å². The van der Waals surface area contributed by atoms with Crippen molar-refractivity contribution in [2.45, 2.75) is 91.0 Å². The largest absolute Gasteiger partial charge is 0.325 e. The molecule has 1 aliphatic carbocycles. The third kappa shape index (κ3) is 4.99. The van der Waals surface area contributed by atoms with Crippen molar-refractivity contribution in [3.05, 3.63) is 0 Å². The molecule has 1 saturated carbocycles. The Morgan fingerprint density at radius 2 is 1.65 bits per heavy atom. The summed E-state index contributed by atoms with van der Waals surface area (Å²) < 4.78 is 0. The Morgan fingerprint density at radius 1 is 1.06 bits per heavy atom. The van der Waals surface area contributed by atoms with E-state index in [1.54, 1.807) is 0 Å². The van der Waals surface area contributed by atoms with Crippen LogP contribution >= 0.6 is 0 Å². The lowest BCUT2D eigenvalue weighted by molar-refractivity contribution is 0.128. The van der Waals surface area contributed by atoms with Gasteiger partial charge in [0.15, 0.2) is 0 Å². The Hall–Kier alpha value is -0.0400. The third-order valence-corrected chi connectivity index (χ3v) is 4.73. The fourth-order valence-corrected chi connectivity index (χ4v) is 3.21. The number of hydrogen-bond donors (Lipinski definition) is 1. The van der Waals surface area contributed by atoms with Gasteiger partial charge >= 0.3 is 0 Å². The lowest BCUT2D eigenvalue weighted by atomic mass is 9.66. The Bertz CT molecular complexity index is 206. The third-order valence-electron chi connectivity index (χ3n) is 4.73. The maximum Gasteiger partial charge on any atom is 0.0154 e. The second kappa shape index (κ2) is 6.22. The van der Waals surface area contributed by atoms with Crippen LogP contribution in [0.5, 0.6) is 0 Å². The zero-order chi connectivity index (χ0) is 12.9. The van der Waals surface area contributed by atoms with Gasteiger partial charge in [0.2, 0.25) is 0 Å². The molecule has 0 aromatic heterocycles. The molecule has 0 saturated heterocycles. The van der Waals surface area contributed by atoms with Crippen LogP contribution in [-0.2, 0) is 0 Å². The molecule has 0 aliphatic heterocycles. The predicted octanol–water partition coefficient (Wildman–Crippen LogP) is 4.89. The standard InChI is InChI=1S/C16H33N/c1-5-6-7-8-11-16(17)12-9-14(10-13-16)15(2,3)4/h14H,5-13,17H2,1-4H3. The van der Waals surface area contributed by atoms with Gasteiger partial charge in [-0.15, -0.1) is 0 Å². The van der Waals surface area contributed by atoms with Crippen LogP contribution in [0, 0.1) is 11.3 Å². The van der Waals surface area contributed by atoms with Crippen LogP contribution in [0.15, 0.2) is 0 Å². The Labute approximate surface area is 109 Å². The van der Waals surface area contributed by atoms with E-state index in [1.165, 1.54) is 57.8 Å². The summed E-state index contributed by atoms with van der Waals surface area (Å²) in [6, 6.07) is 0. The van der Waals surface area contributed by atoms with Gasteiger partial charge < -0.3 is 5.73 Å². The molecule has 1 fully saturated rings. The molecule has 0 spiro atoms. The molecule has 102 valence electrons.